The fraction of sp³-hybridized carbons (Fsp3) is 0.500. The van der Waals surface area contributed by atoms with E-state index in [1.807, 2.05) is 0 Å². The Bertz CT molecular complexity index is 481. The molecule has 0 saturated heterocycles. The van der Waals surface area contributed by atoms with Crippen LogP contribution in [-0.4, -0.2) is 19.6 Å². The first-order valence-corrected chi connectivity index (χ1v) is 7.27. The Balaban J connectivity index is 2.09. The fourth-order valence-corrected chi connectivity index (χ4v) is 3.20. The van der Waals surface area contributed by atoms with Crippen LogP contribution in [0.5, 0.6) is 0 Å². The summed E-state index contributed by atoms with van der Waals surface area (Å²) in [7, 11) is -3.40. The number of hydrogen-bond acceptors (Lipinski definition) is 3. The number of rotatable bonds is 5. The molecule has 1 aliphatic rings. The van der Waals surface area contributed by atoms with E-state index >= 15 is 0 Å². The molecule has 2 rings (SSSR count). The van der Waals surface area contributed by atoms with Gasteiger partial charge in [-0.05, 0) is 30.0 Å². The first-order valence-electron chi connectivity index (χ1n) is 5.79. The highest BCUT2D eigenvalue weighted by atomic mass is 32.2. The minimum absolute atomic E-state index is 0.0751. The van der Waals surface area contributed by atoms with Gasteiger partial charge in [-0.3, -0.25) is 0 Å². The number of aliphatic hydroxyl groups excluding tert-OH is 1. The van der Waals surface area contributed by atoms with E-state index < -0.39 is 10.0 Å². The lowest BCUT2D eigenvalue weighted by Gasteiger charge is -2.06. The van der Waals surface area contributed by atoms with Crippen molar-refractivity contribution in [1.82, 2.24) is 4.72 Å². The summed E-state index contributed by atoms with van der Waals surface area (Å²) in [6, 6.07) is 6.40. The van der Waals surface area contributed by atoms with E-state index in [4.69, 9.17) is 5.11 Å². The molecule has 0 amide bonds. The van der Waals surface area contributed by atoms with Gasteiger partial charge in [0.05, 0.1) is 11.5 Å². The van der Waals surface area contributed by atoms with Gasteiger partial charge in [-0.1, -0.05) is 25.5 Å². The standard InChI is InChI=1S/C12H17NO3S/c1-2-10-7-12(10)13-17(15,16)11-5-3-9(8-14)4-6-11/h3-6,10,12-14H,2,7-8H2,1H3. The molecule has 1 saturated carbocycles. The summed E-state index contributed by atoms with van der Waals surface area (Å²) in [5.74, 6) is 0.487. The predicted molar refractivity (Wildman–Crippen MR) is 64.9 cm³/mol. The maximum Gasteiger partial charge on any atom is 0.240 e. The Morgan fingerprint density at radius 1 is 1.35 bits per heavy atom. The average Bonchev–Trinajstić information content (AvgIpc) is 3.07. The van der Waals surface area contributed by atoms with E-state index in [-0.39, 0.29) is 17.5 Å². The number of sulfonamides is 1. The van der Waals surface area contributed by atoms with Crippen LogP contribution in [0.2, 0.25) is 0 Å². The fourth-order valence-electron chi connectivity index (χ4n) is 1.88. The van der Waals surface area contributed by atoms with Crippen LogP contribution >= 0.6 is 0 Å². The zero-order valence-corrected chi connectivity index (χ0v) is 10.6. The maximum absolute atomic E-state index is 12.0. The van der Waals surface area contributed by atoms with Crippen molar-refractivity contribution in [3.8, 4) is 0 Å². The molecule has 2 unspecified atom stereocenters. The van der Waals surface area contributed by atoms with Crippen molar-refractivity contribution in [1.29, 1.82) is 0 Å². The molecule has 2 N–H and O–H groups in total. The van der Waals surface area contributed by atoms with Gasteiger partial charge in [-0.25, -0.2) is 13.1 Å². The van der Waals surface area contributed by atoms with Crippen molar-refractivity contribution in [3.63, 3.8) is 0 Å². The molecule has 4 nitrogen and oxygen atoms in total. The van der Waals surface area contributed by atoms with Crippen LogP contribution in [0.4, 0.5) is 0 Å². The summed E-state index contributed by atoms with van der Waals surface area (Å²) in [5.41, 5.74) is 0.710. The minimum Gasteiger partial charge on any atom is -0.392 e. The van der Waals surface area contributed by atoms with Crippen LogP contribution in [0.15, 0.2) is 29.2 Å². The normalized spacial score (nSPS) is 23.6. The summed E-state index contributed by atoms with van der Waals surface area (Å²) < 4.78 is 26.6. The van der Waals surface area contributed by atoms with Gasteiger partial charge in [-0.2, -0.15) is 0 Å². The molecule has 2 atom stereocenters. The third-order valence-corrected chi connectivity index (χ3v) is 4.68. The zero-order valence-electron chi connectivity index (χ0n) is 9.76. The molecule has 1 aromatic rings. The van der Waals surface area contributed by atoms with Gasteiger partial charge in [0.15, 0.2) is 0 Å². The topological polar surface area (TPSA) is 66.4 Å². The third kappa shape index (κ3) is 2.86. The largest absolute Gasteiger partial charge is 0.392 e. The third-order valence-electron chi connectivity index (χ3n) is 3.17. The molecule has 5 heteroatoms. The van der Waals surface area contributed by atoms with E-state index in [1.54, 1.807) is 12.1 Å². The second kappa shape index (κ2) is 4.76. The van der Waals surface area contributed by atoms with Crippen LogP contribution in [0, 0.1) is 5.92 Å². The molecule has 1 aliphatic carbocycles. The van der Waals surface area contributed by atoms with Crippen molar-refractivity contribution in [2.75, 3.05) is 0 Å². The van der Waals surface area contributed by atoms with E-state index in [1.165, 1.54) is 12.1 Å². The molecule has 0 bridgehead atoms. The summed E-state index contributed by atoms with van der Waals surface area (Å²) in [4.78, 5) is 0.261. The van der Waals surface area contributed by atoms with Crippen LogP contribution in [-0.2, 0) is 16.6 Å². The smallest absolute Gasteiger partial charge is 0.240 e. The van der Waals surface area contributed by atoms with Gasteiger partial charge >= 0.3 is 0 Å². The van der Waals surface area contributed by atoms with Crippen molar-refractivity contribution < 1.29 is 13.5 Å². The van der Waals surface area contributed by atoms with E-state index in [0.29, 0.717) is 11.5 Å². The number of benzene rings is 1. The summed E-state index contributed by atoms with van der Waals surface area (Å²) >= 11 is 0. The molecule has 1 fully saturated rings. The highest BCUT2D eigenvalue weighted by Gasteiger charge is 2.38. The second-order valence-corrected chi connectivity index (χ2v) is 6.15. The lowest BCUT2D eigenvalue weighted by Crippen LogP contribution is -2.27. The van der Waals surface area contributed by atoms with Crippen molar-refractivity contribution in [3.05, 3.63) is 29.8 Å². The molecule has 1 aromatic carbocycles. The van der Waals surface area contributed by atoms with Gasteiger partial charge < -0.3 is 5.11 Å². The molecule has 0 radical (unpaired) electrons. The van der Waals surface area contributed by atoms with E-state index in [9.17, 15) is 8.42 Å². The molecule has 0 aliphatic heterocycles. The number of aliphatic hydroxyl groups is 1. The van der Waals surface area contributed by atoms with Crippen molar-refractivity contribution in [2.24, 2.45) is 5.92 Å². The summed E-state index contributed by atoms with van der Waals surface area (Å²) in [6.07, 6.45) is 1.95. The van der Waals surface area contributed by atoms with Gasteiger partial charge in [0.1, 0.15) is 0 Å². The number of nitrogens with one attached hydrogen (secondary N) is 1. The Morgan fingerprint density at radius 2 is 2.00 bits per heavy atom. The monoisotopic (exact) mass is 255 g/mol. The first-order chi connectivity index (χ1) is 8.06. The van der Waals surface area contributed by atoms with Crippen LogP contribution in [0.1, 0.15) is 25.3 Å². The van der Waals surface area contributed by atoms with Crippen molar-refractivity contribution >= 4 is 10.0 Å². The molecule has 17 heavy (non-hydrogen) atoms. The van der Waals surface area contributed by atoms with Crippen LogP contribution < -0.4 is 4.72 Å². The molecular formula is C12H17NO3S. The molecule has 0 spiro atoms. The lowest BCUT2D eigenvalue weighted by atomic mass is 10.2. The van der Waals surface area contributed by atoms with Gasteiger partial charge in [-0.15, -0.1) is 0 Å². The summed E-state index contributed by atoms with van der Waals surface area (Å²) in [5, 5.41) is 8.89. The van der Waals surface area contributed by atoms with E-state index in [0.717, 1.165) is 12.8 Å². The second-order valence-electron chi connectivity index (χ2n) is 4.43. The minimum atomic E-state index is -3.40. The van der Waals surface area contributed by atoms with Gasteiger partial charge in [0.2, 0.25) is 10.0 Å². The quantitative estimate of drug-likeness (QED) is 0.832. The van der Waals surface area contributed by atoms with Crippen LogP contribution in [0.3, 0.4) is 0 Å². The zero-order chi connectivity index (χ0) is 12.5. The van der Waals surface area contributed by atoms with Gasteiger partial charge in [0.25, 0.3) is 0 Å². The number of hydrogen-bond donors (Lipinski definition) is 2. The predicted octanol–water partition coefficient (Wildman–Crippen LogP) is 1.26. The van der Waals surface area contributed by atoms with E-state index in [2.05, 4.69) is 11.6 Å². The Morgan fingerprint density at radius 3 is 2.47 bits per heavy atom. The highest BCUT2D eigenvalue weighted by molar-refractivity contribution is 7.89. The van der Waals surface area contributed by atoms with Crippen LogP contribution in [0.25, 0.3) is 0 Å². The molecule has 94 valence electrons. The lowest BCUT2D eigenvalue weighted by molar-refractivity contribution is 0.282. The SMILES string of the molecule is CCC1CC1NS(=O)(=O)c1ccc(CO)cc1. The molecular weight excluding hydrogens is 238 g/mol. The maximum atomic E-state index is 12.0. The van der Waals surface area contributed by atoms with Crippen molar-refractivity contribution in [2.45, 2.75) is 37.3 Å². The Labute approximate surface area is 102 Å². The average molecular weight is 255 g/mol. The molecule has 0 heterocycles. The Kier molecular flexibility index (Phi) is 3.51. The van der Waals surface area contributed by atoms with Gasteiger partial charge in [0, 0.05) is 6.04 Å². The molecule has 0 aromatic heterocycles. The highest BCUT2D eigenvalue weighted by Crippen LogP contribution is 2.34. The summed E-state index contributed by atoms with van der Waals surface area (Å²) in [6.45, 7) is 1.99. The Hall–Kier alpha value is -0.910. The first kappa shape index (κ1) is 12.5.